The Kier molecular flexibility index (Phi) is 6.43. The molecule has 176 valence electrons. The van der Waals surface area contributed by atoms with E-state index >= 15 is 0 Å². The molecule has 3 aromatic rings. The fourth-order valence-corrected chi connectivity index (χ4v) is 4.99. The van der Waals surface area contributed by atoms with Crippen LogP contribution in [0.3, 0.4) is 0 Å². The quantitative estimate of drug-likeness (QED) is 0.562. The number of aryl methyl sites for hydroxylation is 1. The van der Waals surface area contributed by atoms with Crippen molar-refractivity contribution in [1.82, 2.24) is 19.6 Å². The van der Waals surface area contributed by atoms with Gasteiger partial charge in [0.15, 0.2) is 5.69 Å². The zero-order chi connectivity index (χ0) is 23.5. The number of piperazine rings is 1. The van der Waals surface area contributed by atoms with Crippen molar-refractivity contribution in [2.75, 3.05) is 26.2 Å². The van der Waals surface area contributed by atoms with Gasteiger partial charge in [0.25, 0.3) is 5.91 Å². The fourth-order valence-electron chi connectivity index (χ4n) is 4.99. The number of rotatable bonds is 6. The number of aromatic nitrogens is 2. The lowest BCUT2D eigenvalue weighted by Gasteiger charge is -2.34. The molecular formula is C27H29FN4O2. The van der Waals surface area contributed by atoms with Gasteiger partial charge in [-0.1, -0.05) is 42.5 Å². The van der Waals surface area contributed by atoms with Gasteiger partial charge >= 0.3 is 0 Å². The first-order chi connectivity index (χ1) is 16.6. The molecule has 1 fully saturated rings. The Morgan fingerprint density at radius 3 is 2.35 bits per heavy atom. The Labute approximate surface area is 199 Å². The summed E-state index contributed by atoms with van der Waals surface area (Å²) in [5.74, 6) is -0.324. The molecular weight excluding hydrogens is 431 g/mol. The number of hydrogen-bond donors (Lipinski definition) is 0. The zero-order valence-corrected chi connectivity index (χ0v) is 19.3. The topological polar surface area (TPSA) is 58.4 Å². The van der Waals surface area contributed by atoms with Gasteiger partial charge in [0.2, 0.25) is 5.91 Å². The number of carbonyl (C=O) groups excluding carboxylic acids is 2. The van der Waals surface area contributed by atoms with Crippen molar-refractivity contribution in [2.24, 2.45) is 0 Å². The van der Waals surface area contributed by atoms with E-state index in [1.807, 2.05) is 23.1 Å². The van der Waals surface area contributed by atoms with Crippen LogP contribution < -0.4 is 0 Å². The van der Waals surface area contributed by atoms with Crippen molar-refractivity contribution >= 4 is 11.8 Å². The average molecular weight is 461 g/mol. The first-order valence-electron chi connectivity index (χ1n) is 12.1. The van der Waals surface area contributed by atoms with E-state index in [0.717, 1.165) is 43.4 Å². The van der Waals surface area contributed by atoms with Gasteiger partial charge in [0.1, 0.15) is 11.5 Å². The third-order valence-corrected chi connectivity index (χ3v) is 6.83. The highest BCUT2D eigenvalue weighted by Gasteiger charge is 2.32. The third kappa shape index (κ3) is 4.47. The van der Waals surface area contributed by atoms with Gasteiger partial charge in [0, 0.05) is 43.9 Å². The summed E-state index contributed by atoms with van der Waals surface area (Å²) in [7, 11) is 0. The van der Waals surface area contributed by atoms with E-state index < -0.39 is 0 Å². The minimum Gasteiger partial charge on any atom is -0.339 e. The van der Waals surface area contributed by atoms with Crippen LogP contribution in [0.4, 0.5) is 4.39 Å². The maximum atomic E-state index is 14.4. The van der Waals surface area contributed by atoms with Gasteiger partial charge in [-0.05, 0) is 49.8 Å². The monoisotopic (exact) mass is 460 g/mol. The lowest BCUT2D eigenvalue weighted by Crippen LogP contribution is -2.50. The zero-order valence-electron chi connectivity index (χ0n) is 19.3. The van der Waals surface area contributed by atoms with Crippen LogP contribution in [-0.4, -0.2) is 57.6 Å². The van der Waals surface area contributed by atoms with Crippen LogP contribution in [0.2, 0.25) is 0 Å². The van der Waals surface area contributed by atoms with Crippen LogP contribution in [0.25, 0.3) is 5.69 Å². The number of amides is 2. The number of para-hydroxylation sites is 1. The van der Waals surface area contributed by atoms with Crippen LogP contribution in [-0.2, 0) is 24.1 Å². The van der Waals surface area contributed by atoms with Crippen molar-refractivity contribution in [3.63, 3.8) is 0 Å². The van der Waals surface area contributed by atoms with Crippen LogP contribution in [0.1, 0.15) is 46.6 Å². The fraction of sp³-hybridized carbons (Fsp3) is 0.370. The van der Waals surface area contributed by atoms with Crippen molar-refractivity contribution in [2.45, 2.75) is 38.5 Å². The van der Waals surface area contributed by atoms with Gasteiger partial charge < -0.3 is 9.80 Å². The summed E-state index contributed by atoms with van der Waals surface area (Å²) >= 11 is 0. The Bertz CT molecular complexity index is 1180. The second-order valence-electron chi connectivity index (χ2n) is 9.00. The van der Waals surface area contributed by atoms with Crippen LogP contribution in [0, 0.1) is 5.82 Å². The Morgan fingerprint density at radius 2 is 1.59 bits per heavy atom. The molecule has 5 rings (SSSR count). The van der Waals surface area contributed by atoms with Gasteiger partial charge in [0.05, 0.1) is 0 Å². The summed E-state index contributed by atoms with van der Waals surface area (Å²) in [6.45, 7) is 2.05. The molecule has 2 aromatic carbocycles. The van der Waals surface area contributed by atoms with E-state index in [1.54, 1.807) is 27.8 Å². The van der Waals surface area contributed by atoms with E-state index in [1.165, 1.54) is 11.6 Å². The highest BCUT2D eigenvalue weighted by atomic mass is 19.1. The maximum Gasteiger partial charge on any atom is 0.274 e. The molecule has 1 aromatic heterocycles. The molecule has 2 heterocycles. The lowest BCUT2D eigenvalue weighted by molar-refractivity contribution is -0.132. The summed E-state index contributed by atoms with van der Waals surface area (Å²) < 4.78 is 16.0. The molecule has 0 spiro atoms. The molecule has 0 N–H and O–H groups in total. The first kappa shape index (κ1) is 22.3. The van der Waals surface area contributed by atoms with E-state index in [2.05, 4.69) is 17.2 Å². The van der Waals surface area contributed by atoms with Crippen LogP contribution in [0.15, 0.2) is 54.6 Å². The minimum atomic E-state index is -0.349. The summed E-state index contributed by atoms with van der Waals surface area (Å²) in [6.07, 6.45) is 4.74. The molecule has 6 nitrogen and oxygen atoms in total. The lowest BCUT2D eigenvalue weighted by atomic mass is 10.1. The molecule has 0 unspecified atom stereocenters. The van der Waals surface area contributed by atoms with Crippen LogP contribution in [0.5, 0.6) is 0 Å². The third-order valence-electron chi connectivity index (χ3n) is 6.83. The number of hydrogen-bond acceptors (Lipinski definition) is 3. The van der Waals surface area contributed by atoms with Gasteiger partial charge in [-0.15, -0.1) is 0 Å². The normalized spacial score (nSPS) is 15.4. The van der Waals surface area contributed by atoms with Gasteiger partial charge in [-0.2, -0.15) is 5.10 Å². The van der Waals surface area contributed by atoms with Crippen molar-refractivity contribution in [3.8, 4) is 5.69 Å². The summed E-state index contributed by atoms with van der Waals surface area (Å²) in [5, 5.41) is 4.57. The molecule has 0 radical (unpaired) electrons. The molecule has 0 bridgehead atoms. The predicted octanol–water partition coefficient (Wildman–Crippen LogP) is 3.81. The standard InChI is InChI=1S/C27H29FN4O2/c28-22-12-4-5-13-24(22)32-23-14-7-11-21(23)26(29-32)27(34)31-18-16-30(17-19-31)25(33)15-6-10-20-8-2-1-3-9-20/h1-5,8-9,12-13H,6-7,10-11,14-19H2. The Balaban J connectivity index is 1.21. The Morgan fingerprint density at radius 1 is 0.882 bits per heavy atom. The number of nitrogens with zero attached hydrogens (tertiary/aromatic N) is 4. The minimum absolute atomic E-state index is 0.121. The molecule has 7 heteroatoms. The highest BCUT2D eigenvalue weighted by Crippen LogP contribution is 2.29. The second-order valence-corrected chi connectivity index (χ2v) is 9.00. The molecule has 1 aliphatic carbocycles. The van der Waals surface area contributed by atoms with E-state index in [9.17, 15) is 14.0 Å². The summed E-state index contributed by atoms with van der Waals surface area (Å²) in [4.78, 5) is 29.6. The van der Waals surface area contributed by atoms with E-state index in [0.29, 0.717) is 44.0 Å². The predicted molar refractivity (Wildman–Crippen MR) is 127 cm³/mol. The smallest absolute Gasteiger partial charge is 0.274 e. The summed E-state index contributed by atoms with van der Waals surface area (Å²) in [6, 6.07) is 16.7. The van der Waals surface area contributed by atoms with Crippen molar-refractivity contribution in [3.05, 3.63) is 82.9 Å². The molecule has 1 saturated heterocycles. The average Bonchev–Trinajstić information content (AvgIpc) is 3.48. The van der Waals surface area contributed by atoms with Crippen molar-refractivity contribution < 1.29 is 14.0 Å². The van der Waals surface area contributed by atoms with E-state index in [-0.39, 0.29) is 17.6 Å². The number of carbonyl (C=O) groups is 2. The molecule has 0 atom stereocenters. The molecule has 34 heavy (non-hydrogen) atoms. The number of fused-ring (bicyclic) bond motifs is 1. The highest BCUT2D eigenvalue weighted by molar-refractivity contribution is 5.94. The maximum absolute atomic E-state index is 14.4. The van der Waals surface area contributed by atoms with Crippen molar-refractivity contribution in [1.29, 1.82) is 0 Å². The number of halogens is 1. The number of benzene rings is 2. The largest absolute Gasteiger partial charge is 0.339 e. The first-order valence-corrected chi connectivity index (χ1v) is 12.1. The van der Waals surface area contributed by atoms with Crippen LogP contribution >= 0.6 is 0 Å². The molecule has 1 aliphatic heterocycles. The molecule has 2 aliphatic rings. The van der Waals surface area contributed by atoms with E-state index in [4.69, 9.17) is 0 Å². The molecule has 0 saturated carbocycles. The molecule has 2 amide bonds. The second kappa shape index (κ2) is 9.79. The van der Waals surface area contributed by atoms with Gasteiger partial charge in [-0.25, -0.2) is 9.07 Å². The Hall–Kier alpha value is -3.48. The van der Waals surface area contributed by atoms with Gasteiger partial charge in [-0.3, -0.25) is 9.59 Å². The summed E-state index contributed by atoms with van der Waals surface area (Å²) in [5.41, 5.74) is 3.92. The SMILES string of the molecule is O=C(CCCc1ccccc1)N1CCN(C(=O)c2nn(-c3ccccc3F)c3c2CCC3)CC1.